The van der Waals surface area contributed by atoms with Gasteiger partial charge in [-0.3, -0.25) is 14.9 Å². The molecule has 7 nitrogen and oxygen atoms in total. The van der Waals surface area contributed by atoms with E-state index in [9.17, 15) is 14.9 Å². The molecule has 0 radical (unpaired) electrons. The number of non-ortho nitro benzene ring substituents is 1. The number of carbonyl (C=O) groups excluding carboxylic acids is 1. The number of benzene rings is 2. The molecule has 0 atom stereocenters. The van der Waals surface area contributed by atoms with Crippen molar-refractivity contribution in [1.29, 1.82) is 0 Å². The Morgan fingerprint density at radius 3 is 2.48 bits per heavy atom. The second-order valence-electron chi connectivity index (χ2n) is 5.10. The molecule has 2 aromatic rings. The fraction of sp³-hybridized carbons (Fsp3) is 0.235. The van der Waals surface area contributed by atoms with Gasteiger partial charge < -0.3 is 14.8 Å². The van der Waals surface area contributed by atoms with Crippen LogP contribution in [0.4, 0.5) is 11.4 Å². The zero-order valence-electron chi connectivity index (χ0n) is 13.5. The number of nitrogens with zero attached hydrogens (tertiary/aromatic N) is 1. The standard InChI is InChI=1S/C17H17BrN2O5/c1-24-13-5-7-14(8-6-13)25-10-2-3-17(21)19-16-9-4-12(20(22)23)11-15(16)18/h4-9,11H,2-3,10H2,1H3,(H,19,21). The Bertz CT molecular complexity index is 749. The second-order valence-corrected chi connectivity index (χ2v) is 5.95. The Hall–Kier alpha value is -2.61. The Balaban J connectivity index is 1.76. The number of rotatable bonds is 8. The van der Waals surface area contributed by atoms with Crippen LogP contribution in [-0.2, 0) is 4.79 Å². The Morgan fingerprint density at radius 1 is 1.20 bits per heavy atom. The number of amides is 1. The summed E-state index contributed by atoms with van der Waals surface area (Å²) in [7, 11) is 1.60. The molecule has 0 unspecified atom stereocenters. The van der Waals surface area contributed by atoms with Crippen molar-refractivity contribution in [2.75, 3.05) is 19.0 Å². The van der Waals surface area contributed by atoms with Gasteiger partial charge in [-0.05, 0) is 52.7 Å². The maximum atomic E-state index is 11.9. The number of anilines is 1. The molecule has 0 spiro atoms. The molecule has 2 aromatic carbocycles. The fourth-order valence-electron chi connectivity index (χ4n) is 2.03. The minimum atomic E-state index is -0.493. The molecular weight excluding hydrogens is 392 g/mol. The average Bonchev–Trinajstić information content (AvgIpc) is 2.61. The van der Waals surface area contributed by atoms with Crippen LogP contribution in [0, 0.1) is 10.1 Å². The highest BCUT2D eigenvalue weighted by Crippen LogP contribution is 2.27. The van der Waals surface area contributed by atoms with Crippen molar-refractivity contribution in [3.63, 3.8) is 0 Å². The van der Waals surface area contributed by atoms with Crippen LogP contribution in [0.25, 0.3) is 0 Å². The third-order valence-corrected chi connectivity index (χ3v) is 3.97. The highest BCUT2D eigenvalue weighted by molar-refractivity contribution is 9.10. The first kappa shape index (κ1) is 18.7. The Kier molecular flexibility index (Phi) is 6.76. The van der Waals surface area contributed by atoms with E-state index in [2.05, 4.69) is 21.2 Å². The van der Waals surface area contributed by atoms with E-state index in [1.807, 2.05) is 0 Å². The van der Waals surface area contributed by atoms with Crippen molar-refractivity contribution in [3.8, 4) is 11.5 Å². The summed E-state index contributed by atoms with van der Waals surface area (Å²) in [4.78, 5) is 22.1. The quantitative estimate of drug-likeness (QED) is 0.402. The minimum Gasteiger partial charge on any atom is -0.497 e. The fourth-order valence-corrected chi connectivity index (χ4v) is 2.49. The van der Waals surface area contributed by atoms with Gasteiger partial charge in [0.1, 0.15) is 11.5 Å². The van der Waals surface area contributed by atoms with Crippen LogP contribution in [0.3, 0.4) is 0 Å². The number of carbonyl (C=O) groups is 1. The minimum absolute atomic E-state index is 0.0437. The summed E-state index contributed by atoms with van der Waals surface area (Å²) in [5, 5.41) is 13.4. The van der Waals surface area contributed by atoms with Crippen molar-refractivity contribution >= 4 is 33.2 Å². The molecule has 1 N–H and O–H groups in total. The zero-order chi connectivity index (χ0) is 18.2. The summed E-state index contributed by atoms with van der Waals surface area (Å²) >= 11 is 3.21. The number of methoxy groups -OCH3 is 1. The van der Waals surface area contributed by atoms with Gasteiger partial charge >= 0.3 is 0 Å². The zero-order valence-corrected chi connectivity index (χ0v) is 15.1. The first-order valence-electron chi connectivity index (χ1n) is 7.50. The monoisotopic (exact) mass is 408 g/mol. The van der Waals surface area contributed by atoms with Crippen molar-refractivity contribution in [2.24, 2.45) is 0 Å². The lowest BCUT2D eigenvalue weighted by Gasteiger charge is -2.09. The molecule has 0 bridgehead atoms. The molecule has 0 aromatic heterocycles. The third kappa shape index (κ3) is 5.75. The van der Waals surface area contributed by atoms with Crippen LogP contribution < -0.4 is 14.8 Å². The lowest BCUT2D eigenvalue weighted by molar-refractivity contribution is -0.384. The van der Waals surface area contributed by atoms with Crippen LogP contribution in [0.5, 0.6) is 11.5 Å². The predicted molar refractivity (Wildman–Crippen MR) is 97.1 cm³/mol. The summed E-state index contributed by atoms with van der Waals surface area (Å²) in [6.45, 7) is 0.404. The van der Waals surface area contributed by atoms with E-state index in [1.54, 1.807) is 31.4 Å². The highest BCUT2D eigenvalue weighted by atomic mass is 79.9. The number of hydrogen-bond donors (Lipinski definition) is 1. The molecular formula is C17H17BrN2O5. The number of ether oxygens (including phenoxy) is 2. The normalized spacial score (nSPS) is 10.2. The molecule has 132 valence electrons. The van der Waals surface area contributed by atoms with Crippen molar-refractivity contribution < 1.29 is 19.2 Å². The Morgan fingerprint density at radius 2 is 1.88 bits per heavy atom. The van der Waals surface area contributed by atoms with Crippen molar-refractivity contribution in [3.05, 3.63) is 57.1 Å². The summed E-state index contributed by atoms with van der Waals surface area (Å²) in [6.07, 6.45) is 0.821. The molecule has 0 aliphatic carbocycles. The highest BCUT2D eigenvalue weighted by Gasteiger charge is 2.11. The van der Waals surface area contributed by atoms with Crippen LogP contribution in [0.15, 0.2) is 46.9 Å². The van der Waals surface area contributed by atoms with Gasteiger partial charge in [-0.2, -0.15) is 0 Å². The van der Waals surface area contributed by atoms with Crippen LogP contribution in [0.1, 0.15) is 12.8 Å². The largest absolute Gasteiger partial charge is 0.497 e. The number of nitro groups is 1. The molecule has 1 amide bonds. The van der Waals surface area contributed by atoms with E-state index < -0.39 is 4.92 Å². The molecule has 8 heteroatoms. The predicted octanol–water partition coefficient (Wildman–Crippen LogP) is 4.16. The molecule has 0 aliphatic heterocycles. The first-order chi connectivity index (χ1) is 12.0. The summed E-state index contributed by atoms with van der Waals surface area (Å²) in [5.41, 5.74) is 0.449. The molecule has 0 heterocycles. The molecule has 0 aliphatic rings. The summed E-state index contributed by atoms with van der Waals surface area (Å²) < 4.78 is 11.1. The second kappa shape index (κ2) is 9.03. The number of hydrogen-bond acceptors (Lipinski definition) is 5. The van der Waals surface area contributed by atoms with E-state index in [0.29, 0.717) is 28.9 Å². The number of halogens is 1. The number of nitrogens with one attached hydrogen (secondary N) is 1. The maximum Gasteiger partial charge on any atom is 0.270 e. The number of nitro benzene ring substituents is 1. The topological polar surface area (TPSA) is 90.7 Å². The van der Waals surface area contributed by atoms with Gasteiger partial charge in [0.15, 0.2) is 0 Å². The van der Waals surface area contributed by atoms with Gasteiger partial charge in [-0.1, -0.05) is 0 Å². The molecule has 0 saturated heterocycles. The Labute approximate surface area is 153 Å². The first-order valence-corrected chi connectivity index (χ1v) is 8.29. The van der Waals surface area contributed by atoms with E-state index in [-0.39, 0.29) is 18.0 Å². The molecule has 0 fully saturated rings. The van der Waals surface area contributed by atoms with E-state index in [0.717, 1.165) is 5.75 Å². The lowest BCUT2D eigenvalue weighted by Crippen LogP contribution is -2.13. The van der Waals surface area contributed by atoms with E-state index >= 15 is 0 Å². The van der Waals surface area contributed by atoms with Gasteiger partial charge in [-0.15, -0.1) is 0 Å². The van der Waals surface area contributed by atoms with Crippen molar-refractivity contribution in [1.82, 2.24) is 0 Å². The van der Waals surface area contributed by atoms with Gasteiger partial charge in [0.05, 0.1) is 24.3 Å². The van der Waals surface area contributed by atoms with Crippen LogP contribution in [0.2, 0.25) is 0 Å². The van der Waals surface area contributed by atoms with Gasteiger partial charge in [-0.25, -0.2) is 0 Å². The SMILES string of the molecule is COc1ccc(OCCCC(=O)Nc2ccc([N+](=O)[O-])cc2Br)cc1. The van der Waals surface area contributed by atoms with E-state index in [1.165, 1.54) is 18.2 Å². The lowest BCUT2D eigenvalue weighted by atomic mass is 10.2. The van der Waals surface area contributed by atoms with Crippen LogP contribution >= 0.6 is 15.9 Å². The maximum absolute atomic E-state index is 11.9. The van der Waals surface area contributed by atoms with Gasteiger partial charge in [0, 0.05) is 23.0 Å². The molecule has 0 saturated carbocycles. The van der Waals surface area contributed by atoms with Crippen molar-refractivity contribution in [2.45, 2.75) is 12.8 Å². The summed E-state index contributed by atoms with van der Waals surface area (Å²) in [5.74, 6) is 1.27. The smallest absolute Gasteiger partial charge is 0.270 e. The third-order valence-electron chi connectivity index (χ3n) is 3.31. The average molecular weight is 409 g/mol. The van der Waals surface area contributed by atoms with E-state index in [4.69, 9.17) is 9.47 Å². The van der Waals surface area contributed by atoms with Gasteiger partial charge in [0.25, 0.3) is 5.69 Å². The summed E-state index contributed by atoms with van der Waals surface area (Å²) in [6, 6.07) is 11.4. The van der Waals surface area contributed by atoms with Crippen LogP contribution in [-0.4, -0.2) is 24.5 Å². The molecule has 2 rings (SSSR count). The molecule has 25 heavy (non-hydrogen) atoms. The van der Waals surface area contributed by atoms with Gasteiger partial charge in [0.2, 0.25) is 5.91 Å².